The second-order valence-electron chi connectivity index (χ2n) is 5.64. The van der Waals surface area contributed by atoms with Crippen LogP contribution in [0.5, 0.6) is 0 Å². The summed E-state index contributed by atoms with van der Waals surface area (Å²) < 4.78 is 43.7. The summed E-state index contributed by atoms with van der Waals surface area (Å²) in [6, 6.07) is 6.72. The van der Waals surface area contributed by atoms with Crippen LogP contribution in [0.4, 0.5) is 13.2 Å². The molecule has 1 aromatic heterocycles. The lowest BCUT2D eigenvalue weighted by Gasteiger charge is -2.35. The molecule has 1 heterocycles. The number of hydrogen-bond donors (Lipinski definition) is 1. The first-order chi connectivity index (χ1) is 9.78. The highest BCUT2D eigenvalue weighted by atomic mass is 35.5. The topological polar surface area (TPSA) is 33.4 Å². The summed E-state index contributed by atoms with van der Waals surface area (Å²) in [6.45, 7) is 0. The van der Waals surface area contributed by atoms with E-state index >= 15 is 0 Å². The third-order valence-electron chi connectivity index (χ3n) is 4.21. The Labute approximate surface area is 124 Å². The van der Waals surface area contributed by atoms with Gasteiger partial charge in [-0.25, -0.2) is 0 Å². The standard InChI is InChI=1S/C15H14ClF3O2/c16-11-1-2-12-9(7-11)8-13(21-12)14(20)5-3-10(4-6-14)15(17,18)19/h1-2,7-8,10,20H,3-6H2. The molecule has 3 rings (SSSR count). The number of fused-ring (bicyclic) bond motifs is 1. The van der Waals surface area contributed by atoms with E-state index in [2.05, 4.69) is 0 Å². The van der Waals surface area contributed by atoms with Gasteiger partial charge in [-0.15, -0.1) is 0 Å². The minimum absolute atomic E-state index is 0.0464. The molecule has 1 aliphatic rings. The Hall–Kier alpha value is -1.20. The van der Waals surface area contributed by atoms with Crippen molar-refractivity contribution < 1.29 is 22.7 Å². The summed E-state index contributed by atoms with van der Waals surface area (Å²) in [5.74, 6) is -1.02. The summed E-state index contributed by atoms with van der Waals surface area (Å²) in [5, 5.41) is 11.9. The zero-order chi connectivity index (χ0) is 15.3. The van der Waals surface area contributed by atoms with E-state index in [4.69, 9.17) is 16.0 Å². The monoisotopic (exact) mass is 318 g/mol. The van der Waals surface area contributed by atoms with Crippen molar-refractivity contribution in [1.82, 2.24) is 0 Å². The number of alkyl halides is 3. The highest BCUT2D eigenvalue weighted by Gasteiger charge is 2.46. The van der Waals surface area contributed by atoms with Crippen LogP contribution < -0.4 is 0 Å². The predicted octanol–water partition coefficient (Wildman–Crippen LogP) is 5.03. The molecule has 1 N–H and O–H groups in total. The fraction of sp³-hybridized carbons (Fsp3) is 0.467. The Morgan fingerprint density at radius 2 is 1.86 bits per heavy atom. The normalized spacial score (nSPS) is 27.2. The second kappa shape index (κ2) is 4.92. The third-order valence-corrected chi connectivity index (χ3v) is 4.45. The summed E-state index contributed by atoms with van der Waals surface area (Å²) in [6.07, 6.45) is -4.27. The molecular formula is C15H14ClF3O2. The number of halogens is 4. The molecule has 1 aromatic carbocycles. The van der Waals surface area contributed by atoms with Crippen LogP contribution in [0, 0.1) is 5.92 Å². The van der Waals surface area contributed by atoms with Gasteiger partial charge in [0.1, 0.15) is 16.9 Å². The van der Waals surface area contributed by atoms with Gasteiger partial charge >= 0.3 is 6.18 Å². The van der Waals surface area contributed by atoms with Crippen molar-refractivity contribution >= 4 is 22.6 Å². The largest absolute Gasteiger partial charge is 0.458 e. The molecule has 2 aromatic rings. The van der Waals surface area contributed by atoms with Crippen molar-refractivity contribution in [3.63, 3.8) is 0 Å². The van der Waals surface area contributed by atoms with Crippen LogP contribution in [0.2, 0.25) is 5.02 Å². The molecule has 114 valence electrons. The van der Waals surface area contributed by atoms with Crippen LogP contribution in [0.25, 0.3) is 11.0 Å². The lowest BCUT2D eigenvalue weighted by molar-refractivity contribution is -0.194. The molecule has 0 bridgehead atoms. The molecule has 0 saturated heterocycles. The smallest absolute Gasteiger partial charge is 0.391 e. The van der Waals surface area contributed by atoms with Gasteiger partial charge in [-0.3, -0.25) is 0 Å². The van der Waals surface area contributed by atoms with E-state index in [-0.39, 0.29) is 25.7 Å². The van der Waals surface area contributed by atoms with E-state index < -0.39 is 17.7 Å². The van der Waals surface area contributed by atoms with Crippen LogP contribution >= 0.6 is 11.6 Å². The highest BCUT2D eigenvalue weighted by molar-refractivity contribution is 6.31. The van der Waals surface area contributed by atoms with E-state index in [1.165, 1.54) is 0 Å². The van der Waals surface area contributed by atoms with Gasteiger partial charge in [0.2, 0.25) is 0 Å². The lowest BCUT2D eigenvalue weighted by Crippen LogP contribution is -2.36. The van der Waals surface area contributed by atoms with Crippen molar-refractivity contribution in [3.05, 3.63) is 35.0 Å². The Morgan fingerprint density at radius 3 is 2.48 bits per heavy atom. The van der Waals surface area contributed by atoms with Gasteiger partial charge < -0.3 is 9.52 Å². The molecule has 1 saturated carbocycles. The first kappa shape index (κ1) is 14.7. The predicted molar refractivity (Wildman–Crippen MR) is 73.1 cm³/mol. The fourth-order valence-electron chi connectivity index (χ4n) is 2.91. The van der Waals surface area contributed by atoms with Gasteiger partial charge in [-0.1, -0.05) is 11.6 Å². The molecule has 0 unspecified atom stereocenters. The highest BCUT2D eigenvalue weighted by Crippen LogP contribution is 2.46. The summed E-state index contributed by atoms with van der Waals surface area (Å²) >= 11 is 5.89. The van der Waals surface area contributed by atoms with Crippen molar-refractivity contribution in [2.75, 3.05) is 0 Å². The molecule has 0 amide bonds. The van der Waals surface area contributed by atoms with E-state index in [0.717, 1.165) is 5.39 Å². The first-order valence-corrected chi connectivity index (χ1v) is 7.14. The number of furan rings is 1. The average molecular weight is 319 g/mol. The maximum Gasteiger partial charge on any atom is 0.391 e. The molecule has 0 spiro atoms. The van der Waals surface area contributed by atoms with Gasteiger partial charge in [-0.2, -0.15) is 13.2 Å². The Bertz CT molecular complexity index is 654. The molecule has 0 atom stereocenters. The Balaban J connectivity index is 1.85. The molecular weight excluding hydrogens is 305 g/mol. The van der Waals surface area contributed by atoms with Crippen molar-refractivity contribution in [2.45, 2.75) is 37.5 Å². The van der Waals surface area contributed by atoms with Crippen molar-refractivity contribution in [3.8, 4) is 0 Å². The molecule has 0 aliphatic heterocycles. The lowest BCUT2D eigenvalue weighted by atomic mass is 9.77. The van der Waals surface area contributed by atoms with Crippen LogP contribution in [-0.4, -0.2) is 11.3 Å². The van der Waals surface area contributed by atoms with Gasteiger partial charge in [0.15, 0.2) is 0 Å². The van der Waals surface area contributed by atoms with E-state index in [0.29, 0.717) is 16.4 Å². The number of rotatable bonds is 1. The fourth-order valence-corrected chi connectivity index (χ4v) is 3.09. The van der Waals surface area contributed by atoms with Gasteiger partial charge in [0.25, 0.3) is 0 Å². The quantitative estimate of drug-likeness (QED) is 0.800. The van der Waals surface area contributed by atoms with Crippen LogP contribution in [0.3, 0.4) is 0 Å². The maximum absolute atomic E-state index is 12.7. The van der Waals surface area contributed by atoms with E-state index in [9.17, 15) is 18.3 Å². The van der Waals surface area contributed by atoms with Crippen molar-refractivity contribution in [2.24, 2.45) is 5.92 Å². The molecule has 6 heteroatoms. The number of hydrogen-bond acceptors (Lipinski definition) is 2. The van der Waals surface area contributed by atoms with Gasteiger partial charge in [-0.05, 0) is 49.9 Å². The molecule has 1 aliphatic carbocycles. The third kappa shape index (κ3) is 2.77. The first-order valence-electron chi connectivity index (χ1n) is 6.77. The van der Waals surface area contributed by atoms with Gasteiger partial charge in [0.05, 0.1) is 5.92 Å². The van der Waals surface area contributed by atoms with E-state index in [1.807, 2.05) is 0 Å². The SMILES string of the molecule is OC1(c2cc3cc(Cl)ccc3o2)CCC(C(F)(F)F)CC1. The van der Waals surface area contributed by atoms with Gasteiger partial charge in [0, 0.05) is 10.4 Å². The Morgan fingerprint density at radius 1 is 1.19 bits per heavy atom. The van der Waals surface area contributed by atoms with Crippen LogP contribution in [0.1, 0.15) is 31.4 Å². The second-order valence-corrected chi connectivity index (χ2v) is 6.08. The molecule has 1 fully saturated rings. The molecule has 21 heavy (non-hydrogen) atoms. The Kier molecular flexibility index (Phi) is 3.45. The summed E-state index contributed by atoms with van der Waals surface area (Å²) in [4.78, 5) is 0. The van der Waals surface area contributed by atoms with E-state index in [1.54, 1.807) is 24.3 Å². The molecule has 2 nitrogen and oxygen atoms in total. The maximum atomic E-state index is 12.7. The zero-order valence-electron chi connectivity index (χ0n) is 11.1. The average Bonchev–Trinajstić information content (AvgIpc) is 2.81. The number of aliphatic hydroxyl groups is 1. The minimum atomic E-state index is -4.19. The minimum Gasteiger partial charge on any atom is -0.458 e. The van der Waals surface area contributed by atoms with Crippen LogP contribution in [0.15, 0.2) is 28.7 Å². The van der Waals surface area contributed by atoms with Crippen molar-refractivity contribution in [1.29, 1.82) is 0 Å². The molecule has 0 radical (unpaired) electrons. The number of benzene rings is 1. The summed E-state index contributed by atoms with van der Waals surface area (Å²) in [7, 11) is 0. The van der Waals surface area contributed by atoms with Crippen LogP contribution in [-0.2, 0) is 5.60 Å². The zero-order valence-corrected chi connectivity index (χ0v) is 11.8. The summed E-state index contributed by atoms with van der Waals surface area (Å²) in [5.41, 5.74) is -0.756.